The van der Waals surface area contributed by atoms with Gasteiger partial charge in [-0.05, 0) is 79.3 Å². The Labute approximate surface area is 158 Å². The predicted octanol–water partition coefficient (Wildman–Crippen LogP) is 6.92. The zero-order valence-corrected chi connectivity index (χ0v) is 17.1. The fourth-order valence-corrected chi connectivity index (χ4v) is 3.97. The van der Waals surface area contributed by atoms with Gasteiger partial charge in [0, 0.05) is 17.1 Å². The van der Waals surface area contributed by atoms with Crippen LogP contribution in [0, 0.1) is 25.7 Å². The molecule has 0 radical (unpaired) electrons. The van der Waals surface area contributed by atoms with E-state index in [1.807, 2.05) is 6.20 Å². The molecule has 1 heterocycles. The van der Waals surface area contributed by atoms with E-state index in [0.717, 1.165) is 18.5 Å². The third-order valence-corrected chi connectivity index (χ3v) is 4.79. The smallest absolute Gasteiger partial charge is 0.0780 e. The van der Waals surface area contributed by atoms with E-state index in [4.69, 9.17) is 4.98 Å². The van der Waals surface area contributed by atoms with E-state index in [0.29, 0.717) is 11.8 Å². The number of aryl methyl sites for hydroxylation is 2. The molecule has 0 fully saturated rings. The van der Waals surface area contributed by atoms with Crippen LogP contribution >= 0.6 is 0 Å². The molecule has 1 heteroatoms. The standard InChI is InChI=1S/C25H31N/c1-16(2)9-20-14-21(10-17(3)4)23-7-8-26-25(24(23)15-20)22-12-18(5)11-19(6)13-22/h7-8,11-17H,9-10H2,1-6H3. The van der Waals surface area contributed by atoms with Crippen molar-refractivity contribution >= 4 is 10.8 Å². The number of hydrogen-bond donors (Lipinski definition) is 0. The van der Waals surface area contributed by atoms with Crippen molar-refractivity contribution in [3.05, 3.63) is 64.8 Å². The van der Waals surface area contributed by atoms with E-state index in [1.54, 1.807) is 0 Å². The monoisotopic (exact) mass is 345 g/mol. The van der Waals surface area contributed by atoms with E-state index in [1.165, 1.54) is 38.6 Å². The third kappa shape index (κ3) is 4.15. The SMILES string of the molecule is Cc1cc(C)cc(-c2nccc3c(CC(C)C)cc(CC(C)C)cc23)c1. The molecule has 1 nitrogen and oxygen atoms in total. The molecular formula is C25H31N. The number of rotatable bonds is 5. The summed E-state index contributed by atoms with van der Waals surface area (Å²) < 4.78 is 0. The molecule has 0 aliphatic heterocycles. The fourth-order valence-electron chi connectivity index (χ4n) is 3.97. The van der Waals surface area contributed by atoms with Gasteiger partial charge in [0.1, 0.15) is 0 Å². The Hall–Kier alpha value is -2.15. The van der Waals surface area contributed by atoms with Crippen LogP contribution in [-0.4, -0.2) is 4.98 Å². The minimum absolute atomic E-state index is 0.644. The lowest BCUT2D eigenvalue weighted by Gasteiger charge is -2.16. The summed E-state index contributed by atoms with van der Waals surface area (Å²) in [7, 11) is 0. The van der Waals surface area contributed by atoms with Crippen LogP contribution in [0.4, 0.5) is 0 Å². The van der Waals surface area contributed by atoms with Crippen LogP contribution in [0.2, 0.25) is 0 Å². The molecule has 0 spiro atoms. The van der Waals surface area contributed by atoms with Crippen molar-refractivity contribution in [3.63, 3.8) is 0 Å². The summed E-state index contributed by atoms with van der Waals surface area (Å²) in [6.45, 7) is 13.5. The number of fused-ring (bicyclic) bond motifs is 1. The molecule has 3 rings (SSSR count). The maximum absolute atomic E-state index is 4.80. The van der Waals surface area contributed by atoms with Gasteiger partial charge in [-0.15, -0.1) is 0 Å². The molecule has 0 atom stereocenters. The zero-order valence-electron chi connectivity index (χ0n) is 17.1. The van der Waals surface area contributed by atoms with Crippen LogP contribution in [0.25, 0.3) is 22.0 Å². The van der Waals surface area contributed by atoms with Crippen molar-refractivity contribution in [1.82, 2.24) is 4.98 Å². The lowest BCUT2D eigenvalue weighted by Crippen LogP contribution is -2.01. The molecule has 0 saturated carbocycles. The van der Waals surface area contributed by atoms with E-state index in [-0.39, 0.29) is 0 Å². The highest BCUT2D eigenvalue weighted by Crippen LogP contribution is 2.32. The number of aromatic nitrogens is 1. The molecule has 0 unspecified atom stereocenters. The second kappa shape index (κ2) is 7.61. The molecule has 26 heavy (non-hydrogen) atoms. The molecule has 0 aliphatic rings. The Bertz CT molecular complexity index is 899. The summed E-state index contributed by atoms with van der Waals surface area (Å²) >= 11 is 0. The first kappa shape index (κ1) is 18.6. The van der Waals surface area contributed by atoms with Crippen molar-refractivity contribution in [2.24, 2.45) is 11.8 Å². The highest BCUT2D eigenvalue weighted by atomic mass is 14.7. The van der Waals surface area contributed by atoms with Gasteiger partial charge in [0.05, 0.1) is 5.69 Å². The molecule has 0 bridgehead atoms. The summed E-state index contributed by atoms with van der Waals surface area (Å²) in [5.41, 5.74) is 7.82. The van der Waals surface area contributed by atoms with Crippen LogP contribution in [0.1, 0.15) is 49.9 Å². The van der Waals surface area contributed by atoms with Gasteiger partial charge in [-0.1, -0.05) is 51.0 Å². The molecule has 0 amide bonds. The Morgan fingerprint density at radius 1 is 0.769 bits per heavy atom. The lowest BCUT2D eigenvalue weighted by atomic mass is 9.90. The average Bonchev–Trinajstić information content (AvgIpc) is 2.52. The van der Waals surface area contributed by atoms with Crippen LogP contribution in [0.3, 0.4) is 0 Å². The van der Waals surface area contributed by atoms with Gasteiger partial charge < -0.3 is 0 Å². The molecule has 3 aromatic rings. The van der Waals surface area contributed by atoms with Crippen LogP contribution in [-0.2, 0) is 12.8 Å². The lowest BCUT2D eigenvalue weighted by molar-refractivity contribution is 0.638. The van der Waals surface area contributed by atoms with Crippen LogP contribution in [0.5, 0.6) is 0 Å². The van der Waals surface area contributed by atoms with Gasteiger partial charge in [-0.25, -0.2) is 0 Å². The van der Waals surface area contributed by atoms with Gasteiger partial charge in [-0.2, -0.15) is 0 Å². The average molecular weight is 346 g/mol. The summed E-state index contributed by atoms with van der Waals surface area (Å²) in [6, 6.07) is 13.7. The fraction of sp³-hybridized carbons (Fsp3) is 0.400. The highest BCUT2D eigenvalue weighted by Gasteiger charge is 2.13. The third-order valence-electron chi connectivity index (χ3n) is 4.79. The first-order valence-corrected chi connectivity index (χ1v) is 9.82. The van der Waals surface area contributed by atoms with Gasteiger partial charge in [-0.3, -0.25) is 4.98 Å². The maximum Gasteiger partial charge on any atom is 0.0780 e. The molecule has 1 aromatic heterocycles. The first-order chi connectivity index (χ1) is 12.3. The Morgan fingerprint density at radius 3 is 2.04 bits per heavy atom. The van der Waals surface area contributed by atoms with Crippen molar-refractivity contribution in [1.29, 1.82) is 0 Å². The van der Waals surface area contributed by atoms with Crippen molar-refractivity contribution in [2.75, 3.05) is 0 Å². The molecular weight excluding hydrogens is 314 g/mol. The van der Waals surface area contributed by atoms with Crippen molar-refractivity contribution in [2.45, 2.75) is 54.4 Å². The number of pyridine rings is 1. The van der Waals surface area contributed by atoms with E-state index in [2.05, 4.69) is 77.9 Å². The Kier molecular flexibility index (Phi) is 5.46. The van der Waals surface area contributed by atoms with E-state index in [9.17, 15) is 0 Å². The quantitative estimate of drug-likeness (QED) is 0.489. The molecule has 0 aliphatic carbocycles. The minimum Gasteiger partial charge on any atom is -0.256 e. The first-order valence-electron chi connectivity index (χ1n) is 9.82. The van der Waals surface area contributed by atoms with E-state index >= 15 is 0 Å². The van der Waals surface area contributed by atoms with E-state index < -0.39 is 0 Å². The van der Waals surface area contributed by atoms with Gasteiger partial charge in [0.25, 0.3) is 0 Å². The maximum atomic E-state index is 4.80. The van der Waals surface area contributed by atoms with Gasteiger partial charge >= 0.3 is 0 Å². The molecule has 0 N–H and O–H groups in total. The molecule has 0 saturated heterocycles. The topological polar surface area (TPSA) is 12.9 Å². The minimum atomic E-state index is 0.644. The summed E-state index contributed by atoms with van der Waals surface area (Å²) in [4.78, 5) is 4.80. The second-order valence-electron chi connectivity index (χ2n) is 8.58. The Morgan fingerprint density at radius 2 is 1.42 bits per heavy atom. The summed E-state index contributed by atoms with van der Waals surface area (Å²) in [6.07, 6.45) is 4.20. The van der Waals surface area contributed by atoms with Crippen molar-refractivity contribution < 1.29 is 0 Å². The van der Waals surface area contributed by atoms with Gasteiger partial charge in [0.2, 0.25) is 0 Å². The predicted molar refractivity (Wildman–Crippen MR) is 114 cm³/mol. The molecule has 136 valence electrons. The highest BCUT2D eigenvalue weighted by molar-refractivity contribution is 5.97. The molecule has 2 aromatic carbocycles. The van der Waals surface area contributed by atoms with Gasteiger partial charge in [0.15, 0.2) is 0 Å². The zero-order chi connectivity index (χ0) is 18.8. The largest absolute Gasteiger partial charge is 0.256 e. The number of hydrogen-bond acceptors (Lipinski definition) is 1. The van der Waals surface area contributed by atoms with Crippen LogP contribution in [0.15, 0.2) is 42.6 Å². The van der Waals surface area contributed by atoms with Crippen molar-refractivity contribution in [3.8, 4) is 11.3 Å². The Balaban J connectivity index is 2.26. The number of nitrogens with zero attached hydrogens (tertiary/aromatic N) is 1. The van der Waals surface area contributed by atoms with Crippen LogP contribution < -0.4 is 0 Å². The normalized spacial score (nSPS) is 11.7. The summed E-state index contributed by atoms with van der Waals surface area (Å²) in [5.74, 6) is 1.30. The second-order valence-corrected chi connectivity index (χ2v) is 8.58. The summed E-state index contributed by atoms with van der Waals surface area (Å²) in [5, 5.41) is 2.65. The number of benzene rings is 2.